The van der Waals surface area contributed by atoms with Crippen LogP contribution in [-0.2, 0) is 13.0 Å². The molecule has 0 aliphatic carbocycles. The highest BCUT2D eigenvalue weighted by Crippen LogP contribution is 2.15. The fourth-order valence-electron chi connectivity index (χ4n) is 2.27. The Morgan fingerprint density at radius 3 is 2.60 bits per heavy atom. The van der Waals surface area contributed by atoms with E-state index in [0.717, 1.165) is 12.8 Å². The van der Waals surface area contributed by atoms with E-state index < -0.39 is 0 Å². The number of nitrogens with one attached hydrogen (secondary N) is 1. The molecule has 0 bridgehead atoms. The summed E-state index contributed by atoms with van der Waals surface area (Å²) in [5.41, 5.74) is 2.45. The first-order valence-corrected chi connectivity index (χ1v) is 7.03. The predicted octanol–water partition coefficient (Wildman–Crippen LogP) is 2.16. The molecular formula is C16H21N3O. The Balaban J connectivity index is 2.16. The summed E-state index contributed by atoms with van der Waals surface area (Å²) in [4.78, 5) is 11.7. The zero-order valence-corrected chi connectivity index (χ0v) is 12.0. The fraction of sp³-hybridized carbons (Fsp3) is 0.375. The molecule has 0 aliphatic heterocycles. The monoisotopic (exact) mass is 271 g/mol. The predicted molar refractivity (Wildman–Crippen MR) is 80.7 cm³/mol. The average molecular weight is 271 g/mol. The van der Waals surface area contributed by atoms with Crippen molar-refractivity contribution in [3.63, 3.8) is 0 Å². The summed E-state index contributed by atoms with van der Waals surface area (Å²) in [7, 11) is 1.90. The lowest BCUT2D eigenvalue weighted by Gasteiger charge is -2.17. The first kappa shape index (κ1) is 14.5. The van der Waals surface area contributed by atoms with Crippen molar-refractivity contribution in [3.05, 3.63) is 64.1 Å². The van der Waals surface area contributed by atoms with E-state index in [-0.39, 0.29) is 11.6 Å². The molecule has 0 amide bonds. The molecule has 0 saturated carbocycles. The third kappa shape index (κ3) is 3.54. The molecule has 0 fully saturated rings. The summed E-state index contributed by atoms with van der Waals surface area (Å²) in [5.74, 6) is 0. The maximum atomic E-state index is 11.7. The minimum Gasteiger partial charge on any atom is -0.311 e. The lowest BCUT2D eigenvalue weighted by atomic mass is 10.0. The van der Waals surface area contributed by atoms with Crippen molar-refractivity contribution in [2.24, 2.45) is 0 Å². The van der Waals surface area contributed by atoms with Crippen molar-refractivity contribution in [1.82, 2.24) is 15.1 Å². The van der Waals surface area contributed by atoms with Gasteiger partial charge in [0.15, 0.2) is 0 Å². The third-order valence-corrected chi connectivity index (χ3v) is 3.41. The highest BCUT2D eigenvalue weighted by molar-refractivity contribution is 5.25. The topological polar surface area (TPSA) is 46.9 Å². The van der Waals surface area contributed by atoms with E-state index in [9.17, 15) is 4.79 Å². The van der Waals surface area contributed by atoms with Crippen LogP contribution in [0.15, 0.2) is 47.4 Å². The highest BCUT2D eigenvalue weighted by atomic mass is 16.1. The second-order valence-electron chi connectivity index (χ2n) is 4.88. The van der Waals surface area contributed by atoms with Crippen molar-refractivity contribution in [3.8, 4) is 0 Å². The van der Waals surface area contributed by atoms with Gasteiger partial charge in [0.25, 0.3) is 5.56 Å². The molecule has 1 unspecified atom stereocenters. The van der Waals surface area contributed by atoms with Crippen molar-refractivity contribution < 1.29 is 0 Å². The Hall–Kier alpha value is -1.94. The molecule has 106 valence electrons. The van der Waals surface area contributed by atoms with E-state index in [1.807, 2.05) is 7.05 Å². The van der Waals surface area contributed by atoms with E-state index in [0.29, 0.717) is 6.54 Å². The van der Waals surface area contributed by atoms with E-state index in [1.165, 1.54) is 21.9 Å². The van der Waals surface area contributed by atoms with Gasteiger partial charge in [-0.1, -0.05) is 37.6 Å². The van der Waals surface area contributed by atoms with Gasteiger partial charge in [-0.15, -0.1) is 0 Å². The fourth-order valence-corrected chi connectivity index (χ4v) is 2.27. The van der Waals surface area contributed by atoms with E-state index in [2.05, 4.69) is 41.6 Å². The van der Waals surface area contributed by atoms with Gasteiger partial charge in [0.2, 0.25) is 0 Å². The second kappa shape index (κ2) is 7.01. The van der Waals surface area contributed by atoms with Crippen LogP contribution in [0.1, 0.15) is 30.5 Å². The number of benzene rings is 1. The van der Waals surface area contributed by atoms with Gasteiger partial charge in [-0.2, -0.15) is 5.10 Å². The van der Waals surface area contributed by atoms with Gasteiger partial charge < -0.3 is 5.32 Å². The van der Waals surface area contributed by atoms with Gasteiger partial charge in [-0.25, -0.2) is 4.68 Å². The number of hydrogen-bond acceptors (Lipinski definition) is 3. The summed E-state index contributed by atoms with van der Waals surface area (Å²) in [6.07, 6.45) is 3.89. The molecule has 2 aromatic rings. The minimum atomic E-state index is -0.0737. The average Bonchev–Trinajstić information content (AvgIpc) is 2.48. The van der Waals surface area contributed by atoms with E-state index in [1.54, 1.807) is 12.3 Å². The molecule has 1 heterocycles. The van der Waals surface area contributed by atoms with Crippen molar-refractivity contribution in [2.75, 3.05) is 7.05 Å². The molecule has 1 aromatic carbocycles. The van der Waals surface area contributed by atoms with Gasteiger partial charge in [-0.05, 0) is 30.7 Å². The molecule has 4 heteroatoms. The third-order valence-electron chi connectivity index (χ3n) is 3.41. The summed E-state index contributed by atoms with van der Waals surface area (Å²) in [5, 5.41) is 7.35. The molecular weight excluding hydrogens is 250 g/mol. The maximum Gasteiger partial charge on any atom is 0.266 e. The van der Waals surface area contributed by atoms with Crippen LogP contribution in [0, 0.1) is 0 Å². The van der Waals surface area contributed by atoms with Gasteiger partial charge in [0, 0.05) is 12.3 Å². The van der Waals surface area contributed by atoms with Gasteiger partial charge in [0.05, 0.1) is 12.6 Å². The van der Waals surface area contributed by atoms with Crippen LogP contribution < -0.4 is 10.9 Å². The number of aryl methyl sites for hydroxylation is 1. The molecule has 0 aliphatic rings. The molecule has 0 saturated heterocycles. The van der Waals surface area contributed by atoms with Crippen LogP contribution in [0.25, 0.3) is 0 Å². The first-order valence-electron chi connectivity index (χ1n) is 7.03. The summed E-state index contributed by atoms with van der Waals surface area (Å²) < 4.78 is 1.49. The molecule has 0 spiro atoms. The molecule has 1 aromatic heterocycles. The van der Waals surface area contributed by atoms with Crippen LogP contribution in [0.4, 0.5) is 0 Å². The second-order valence-corrected chi connectivity index (χ2v) is 4.88. The molecule has 0 radical (unpaired) electrons. The van der Waals surface area contributed by atoms with Crippen LogP contribution in [-0.4, -0.2) is 16.8 Å². The SMILES string of the molecule is CCCc1ccc(C(Cn2ncccc2=O)NC)cc1. The molecule has 20 heavy (non-hydrogen) atoms. The van der Waals surface area contributed by atoms with Gasteiger partial charge in [0.1, 0.15) is 0 Å². The van der Waals surface area contributed by atoms with Crippen molar-refractivity contribution in [1.29, 1.82) is 0 Å². The molecule has 4 nitrogen and oxygen atoms in total. The van der Waals surface area contributed by atoms with Crippen molar-refractivity contribution in [2.45, 2.75) is 32.4 Å². The molecule has 2 rings (SSSR count). The van der Waals surface area contributed by atoms with Crippen LogP contribution in [0.2, 0.25) is 0 Å². The minimum absolute atomic E-state index is 0.0737. The maximum absolute atomic E-state index is 11.7. The molecule has 1 N–H and O–H groups in total. The zero-order chi connectivity index (χ0) is 14.4. The standard InChI is InChI=1S/C16H21N3O/c1-3-5-13-7-9-14(10-8-13)15(17-2)12-19-16(20)6-4-11-18-19/h4,6-11,15,17H,3,5,12H2,1-2H3. The number of likely N-dealkylation sites (N-methyl/N-ethyl adjacent to an activating group) is 1. The summed E-state index contributed by atoms with van der Waals surface area (Å²) >= 11 is 0. The van der Waals surface area contributed by atoms with E-state index in [4.69, 9.17) is 0 Å². The largest absolute Gasteiger partial charge is 0.311 e. The van der Waals surface area contributed by atoms with E-state index >= 15 is 0 Å². The Labute approximate surface area is 119 Å². The number of nitrogens with zero attached hydrogens (tertiary/aromatic N) is 2. The van der Waals surface area contributed by atoms with Gasteiger partial charge >= 0.3 is 0 Å². The van der Waals surface area contributed by atoms with Crippen LogP contribution in [0.3, 0.4) is 0 Å². The number of aromatic nitrogens is 2. The van der Waals surface area contributed by atoms with Crippen molar-refractivity contribution >= 4 is 0 Å². The number of rotatable bonds is 6. The Morgan fingerprint density at radius 1 is 1.25 bits per heavy atom. The normalized spacial score (nSPS) is 12.3. The Morgan fingerprint density at radius 2 is 2.00 bits per heavy atom. The van der Waals surface area contributed by atoms with Crippen LogP contribution in [0.5, 0.6) is 0 Å². The quantitative estimate of drug-likeness (QED) is 0.875. The lowest BCUT2D eigenvalue weighted by molar-refractivity contribution is 0.452. The Kier molecular flexibility index (Phi) is 5.07. The Bertz CT molecular complexity index is 589. The molecule has 1 atom stereocenters. The van der Waals surface area contributed by atoms with Gasteiger partial charge in [-0.3, -0.25) is 4.79 Å². The smallest absolute Gasteiger partial charge is 0.266 e. The lowest BCUT2D eigenvalue weighted by Crippen LogP contribution is -2.29. The summed E-state index contributed by atoms with van der Waals surface area (Å²) in [6, 6.07) is 11.8. The summed E-state index contributed by atoms with van der Waals surface area (Å²) in [6.45, 7) is 2.71. The zero-order valence-electron chi connectivity index (χ0n) is 12.0. The highest BCUT2D eigenvalue weighted by Gasteiger charge is 2.11. The van der Waals surface area contributed by atoms with Crippen LogP contribution >= 0.6 is 0 Å². The first-order chi connectivity index (χ1) is 9.74. The number of hydrogen-bond donors (Lipinski definition) is 1.